The molecule has 230 valence electrons. The van der Waals surface area contributed by atoms with Gasteiger partial charge < -0.3 is 69.6 Å². The number of phenols is 3. The van der Waals surface area contributed by atoms with Crippen molar-refractivity contribution < 1.29 is 74.4 Å². The molecule has 3 aliphatic heterocycles. The summed E-state index contributed by atoms with van der Waals surface area (Å²) in [6, 6.07) is 6.26. The third-order valence-electron chi connectivity index (χ3n) is 7.50. The van der Waals surface area contributed by atoms with Gasteiger partial charge in [0.25, 0.3) is 0 Å². The highest BCUT2D eigenvalue weighted by atomic mass is 16.7. The molecule has 0 aromatic heterocycles. The van der Waals surface area contributed by atoms with Gasteiger partial charge in [-0.25, -0.2) is 0 Å². The number of phenolic OH excluding ortho intramolecular Hbond substituents is 3. The maximum Gasteiger partial charge on any atom is 0.229 e. The Balaban J connectivity index is 1.30. The van der Waals surface area contributed by atoms with Crippen LogP contribution in [0.15, 0.2) is 30.3 Å². The summed E-state index contributed by atoms with van der Waals surface area (Å²) < 4.78 is 27.9. The van der Waals surface area contributed by atoms with Crippen molar-refractivity contribution >= 4 is 5.78 Å². The van der Waals surface area contributed by atoms with Gasteiger partial charge in [0, 0.05) is 12.1 Å². The Morgan fingerprint density at radius 1 is 0.786 bits per heavy atom. The molecule has 0 saturated carbocycles. The molecular weight excluding hydrogens is 564 g/mol. The summed E-state index contributed by atoms with van der Waals surface area (Å²) in [5.41, 5.74) is 0.255. The second kappa shape index (κ2) is 11.8. The number of carbonyl (C=O) groups excluding carboxylic acids is 1. The summed E-state index contributed by atoms with van der Waals surface area (Å²) in [6.45, 7) is 0.949. The van der Waals surface area contributed by atoms with Gasteiger partial charge in [0.1, 0.15) is 71.6 Å². The lowest BCUT2D eigenvalue weighted by Gasteiger charge is -2.42. The van der Waals surface area contributed by atoms with E-state index in [0.717, 1.165) is 6.07 Å². The smallest absolute Gasteiger partial charge is 0.229 e. The maximum atomic E-state index is 12.8. The van der Waals surface area contributed by atoms with Gasteiger partial charge in [-0.3, -0.25) is 4.79 Å². The fourth-order valence-corrected chi connectivity index (χ4v) is 5.04. The summed E-state index contributed by atoms with van der Waals surface area (Å²) in [6.07, 6.45) is -16.1. The lowest BCUT2D eigenvalue weighted by molar-refractivity contribution is -0.318. The van der Waals surface area contributed by atoms with E-state index in [1.165, 1.54) is 31.2 Å². The molecule has 0 spiro atoms. The summed E-state index contributed by atoms with van der Waals surface area (Å²) >= 11 is 0. The fraction of sp³-hybridized carbons (Fsp3) is 0.519. The van der Waals surface area contributed by atoms with Crippen molar-refractivity contribution in [3.63, 3.8) is 0 Å². The first-order chi connectivity index (χ1) is 19.8. The number of benzene rings is 2. The van der Waals surface area contributed by atoms with Gasteiger partial charge in [0.15, 0.2) is 23.6 Å². The van der Waals surface area contributed by atoms with Crippen LogP contribution < -0.4 is 9.47 Å². The summed E-state index contributed by atoms with van der Waals surface area (Å²) in [4.78, 5) is 12.8. The number of hydrogen-bond donors (Lipinski definition) is 9. The molecular formula is C27H32O15. The highest BCUT2D eigenvalue weighted by Gasteiger charge is 2.47. The number of rotatable bonds is 6. The van der Waals surface area contributed by atoms with Gasteiger partial charge in [-0.2, -0.15) is 0 Å². The Hall–Kier alpha value is -3.25. The summed E-state index contributed by atoms with van der Waals surface area (Å²) in [5.74, 6) is -1.96. The predicted molar refractivity (Wildman–Crippen MR) is 136 cm³/mol. The quantitative estimate of drug-likeness (QED) is 0.173. The molecule has 15 heteroatoms. The molecule has 0 amide bonds. The lowest BCUT2D eigenvalue weighted by atomic mass is 9.95. The Morgan fingerprint density at radius 3 is 2.19 bits per heavy atom. The van der Waals surface area contributed by atoms with E-state index in [9.17, 15) is 50.8 Å². The number of aliphatic hydroxyl groups is 6. The van der Waals surface area contributed by atoms with Crippen LogP contribution in [0.5, 0.6) is 28.7 Å². The van der Waals surface area contributed by atoms with Crippen LogP contribution in [0.2, 0.25) is 0 Å². The van der Waals surface area contributed by atoms with Crippen molar-refractivity contribution in [1.82, 2.24) is 0 Å². The van der Waals surface area contributed by atoms with Crippen LogP contribution in [-0.2, 0) is 14.2 Å². The number of ketones is 1. The zero-order valence-corrected chi connectivity index (χ0v) is 22.1. The monoisotopic (exact) mass is 596 g/mol. The van der Waals surface area contributed by atoms with E-state index < -0.39 is 91.4 Å². The predicted octanol–water partition coefficient (Wildman–Crippen LogP) is -1.46. The van der Waals surface area contributed by atoms with Crippen molar-refractivity contribution in [2.45, 2.75) is 80.9 Å². The normalized spacial score (nSPS) is 36.6. The molecule has 11 atom stereocenters. The van der Waals surface area contributed by atoms with E-state index in [-0.39, 0.29) is 29.2 Å². The molecule has 5 rings (SSSR count). The molecule has 0 aliphatic carbocycles. The third kappa shape index (κ3) is 5.70. The molecule has 2 aromatic rings. The van der Waals surface area contributed by atoms with Crippen LogP contribution in [0.25, 0.3) is 0 Å². The number of hydrogen-bond acceptors (Lipinski definition) is 15. The zero-order chi connectivity index (χ0) is 30.5. The highest BCUT2D eigenvalue weighted by molar-refractivity contribution is 6.02. The van der Waals surface area contributed by atoms with E-state index in [1.54, 1.807) is 0 Å². The molecule has 42 heavy (non-hydrogen) atoms. The molecule has 3 aliphatic rings. The summed E-state index contributed by atoms with van der Waals surface area (Å²) in [7, 11) is 0. The van der Waals surface area contributed by atoms with Crippen molar-refractivity contribution in [1.29, 1.82) is 0 Å². The average molecular weight is 597 g/mol. The first-order valence-electron chi connectivity index (χ1n) is 13.1. The van der Waals surface area contributed by atoms with Crippen LogP contribution in [0.3, 0.4) is 0 Å². The summed E-state index contributed by atoms with van der Waals surface area (Å²) in [5, 5.41) is 91.3. The van der Waals surface area contributed by atoms with Gasteiger partial charge >= 0.3 is 0 Å². The van der Waals surface area contributed by atoms with Crippen molar-refractivity contribution in [3.05, 3.63) is 41.5 Å². The number of ether oxygens (including phenoxy) is 5. The molecule has 2 aromatic carbocycles. The molecule has 0 bridgehead atoms. The largest absolute Gasteiger partial charge is 0.507 e. The molecule has 0 radical (unpaired) electrons. The fourth-order valence-electron chi connectivity index (χ4n) is 5.04. The number of Topliss-reactive ketones (excluding diaryl/α,β-unsaturated/α-hetero) is 1. The van der Waals surface area contributed by atoms with Crippen molar-refractivity contribution in [3.8, 4) is 28.7 Å². The number of fused-ring (bicyclic) bond motifs is 1. The lowest BCUT2D eigenvalue weighted by Crippen LogP contribution is -2.61. The SMILES string of the molecule is C[C@@H]1O[C@@H](OC[C@@H]2O[C@@H](Oc3cc(O)c4c(c3)O[C@H](c3ccc(O)c(O)c3)CC4=O)[C@H](O)[C@H](O)[C@@H]2O)[C@@H](O)[C@H](O)[C@H]1O. The molecule has 2 saturated heterocycles. The minimum Gasteiger partial charge on any atom is -0.507 e. The topological polar surface area (TPSA) is 245 Å². The molecule has 2 fully saturated rings. The Morgan fingerprint density at radius 2 is 1.48 bits per heavy atom. The van der Waals surface area contributed by atoms with Crippen LogP contribution in [0.1, 0.15) is 35.4 Å². The molecule has 3 heterocycles. The van der Waals surface area contributed by atoms with Crippen LogP contribution in [0, 0.1) is 0 Å². The van der Waals surface area contributed by atoms with Gasteiger partial charge in [-0.1, -0.05) is 6.07 Å². The van der Waals surface area contributed by atoms with Crippen molar-refractivity contribution in [2.24, 2.45) is 0 Å². The minimum atomic E-state index is -1.78. The average Bonchev–Trinajstić information content (AvgIpc) is 2.95. The van der Waals surface area contributed by atoms with E-state index >= 15 is 0 Å². The number of carbonyl (C=O) groups is 1. The number of aromatic hydroxyl groups is 3. The second-order valence-corrected chi connectivity index (χ2v) is 10.4. The second-order valence-electron chi connectivity index (χ2n) is 10.4. The Labute approximate surface area is 238 Å². The van der Waals surface area contributed by atoms with Crippen LogP contribution in [-0.4, -0.2) is 120 Å². The zero-order valence-electron chi connectivity index (χ0n) is 22.1. The van der Waals surface area contributed by atoms with Crippen LogP contribution in [0.4, 0.5) is 0 Å². The molecule has 0 unspecified atom stereocenters. The molecule has 15 nitrogen and oxygen atoms in total. The van der Waals surface area contributed by atoms with Gasteiger partial charge in [-0.15, -0.1) is 0 Å². The minimum absolute atomic E-state index is 0.0807. The maximum absolute atomic E-state index is 12.8. The van der Waals surface area contributed by atoms with E-state index in [0.29, 0.717) is 5.56 Å². The Kier molecular flexibility index (Phi) is 8.48. The first kappa shape index (κ1) is 30.2. The Bertz CT molecular complexity index is 1300. The van der Waals surface area contributed by atoms with Crippen LogP contribution >= 0.6 is 0 Å². The van der Waals surface area contributed by atoms with E-state index in [4.69, 9.17) is 23.7 Å². The van der Waals surface area contributed by atoms with Gasteiger partial charge in [0.2, 0.25) is 6.29 Å². The van der Waals surface area contributed by atoms with E-state index in [2.05, 4.69) is 0 Å². The molecule has 9 N–H and O–H groups in total. The third-order valence-corrected chi connectivity index (χ3v) is 7.50. The van der Waals surface area contributed by atoms with E-state index in [1.807, 2.05) is 0 Å². The van der Waals surface area contributed by atoms with Gasteiger partial charge in [0.05, 0.1) is 19.1 Å². The van der Waals surface area contributed by atoms with Crippen molar-refractivity contribution in [2.75, 3.05) is 6.61 Å². The highest BCUT2D eigenvalue weighted by Crippen LogP contribution is 2.43. The van der Waals surface area contributed by atoms with Gasteiger partial charge in [-0.05, 0) is 24.6 Å². The first-order valence-corrected chi connectivity index (χ1v) is 13.1. The number of aliphatic hydroxyl groups excluding tert-OH is 6. The standard InChI is InChI=1S/C27H32O15/c1-9-20(32)22(34)24(36)26(39-9)38-8-18-21(33)23(35)25(37)27(42-18)40-11-5-14(30)19-15(31)7-16(41-17(19)6-11)10-2-3-12(28)13(29)4-10/h2-6,9,16,18,20-30,32-37H,7-8H2,1H3/t9-,16-,18-,20-,21+,22+,23+,24-,25+,26+,27+/m0/s1.